The van der Waals surface area contributed by atoms with Crippen LogP contribution in [-0.4, -0.2) is 50.6 Å². The van der Waals surface area contributed by atoms with Crippen molar-refractivity contribution in [3.05, 3.63) is 62.9 Å². The molecular weight excluding hydrogens is 438 g/mol. The Hall–Kier alpha value is -2.62. The summed E-state index contributed by atoms with van der Waals surface area (Å²) in [6, 6.07) is 9.20. The first kappa shape index (κ1) is 22.2. The lowest BCUT2D eigenvalue weighted by atomic mass is 10.2. The predicted octanol–water partition coefficient (Wildman–Crippen LogP) is 2.45. The highest BCUT2D eigenvalue weighted by molar-refractivity contribution is 7.99. The molecule has 0 radical (unpaired) electrons. The number of rotatable bonds is 9. The maximum absolute atomic E-state index is 12.6. The van der Waals surface area contributed by atoms with Gasteiger partial charge in [0.1, 0.15) is 11.6 Å². The SMILES string of the molecule is CCN(CCC(C)NCc1cc2c(cn1)OCS2)C[C@@H]1Cn2c(=O)ccc3ccc(=O)n1c32. The first-order valence-corrected chi connectivity index (χ1v) is 12.5. The summed E-state index contributed by atoms with van der Waals surface area (Å²) in [4.78, 5) is 33.1. The second kappa shape index (κ2) is 9.32. The Morgan fingerprint density at radius 2 is 2.09 bits per heavy atom. The molecule has 2 aliphatic rings. The number of hydrogen-bond donors (Lipinski definition) is 1. The van der Waals surface area contributed by atoms with E-state index in [9.17, 15) is 9.59 Å². The molecule has 2 aliphatic heterocycles. The number of hydrogen-bond acceptors (Lipinski definition) is 7. The van der Waals surface area contributed by atoms with Crippen molar-refractivity contribution < 1.29 is 4.74 Å². The molecule has 0 fully saturated rings. The van der Waals surface area contributed by atoms with Crippen molar-refractivity contribution in [1.82, 2.24) is 24.3 Å². The van der Waals surface area contributed by atoms with Crippen LogP contribution in [0.2, 0.25) is 0 Å². The smallest absolute Gasteiger partial charge is 0.252 e. The Bertz CT molecular complexity index is 1280. The zero-order valence-corrected chi connectivity index (χ0v) is 19.8. The number of fused-ring (bicyclic) bond motifs is 1. The standard InChI is InChI=1S/C24H29N5O3S/c1-3-27(9-8-16(2)25-11-18-10-21-20(12-26-18)32-15-33-21)13-19-14-28-22(30)6-4-17-5-7-23(31)29(19)24(17)28/h4-7,10,12,16,19,25H,3,8-9,11,13-15H2,1-2H3/t16?,19-/m1/s1. The quantitative estimate of drug-likeness (QED) is 0.518. The van der Waals surface area contributed by atoms with E-state index >= 15 is 0 Å². The van der Waals surface area contributed by atoms with E-state index in [1.807, 2.05) is 10.8 Å². The Morgan fingerprint density at radius 3 is 2.91 bits per heavy atom. The van der Waals surface area contributed by atoms with Gasteiger partial charge in [0.15, 0.2) is 5.75 Å². The summed E-state index contributed by atoms with van der Waals surface area (Å²) in [7, 11) is 0. The van der Waals surface area contributed by atoms with Crippen molar-refractivity contribution in [2.45, 2.75) is 50.3 Å². The van der Waals surface area contributed by atoms with Gasteiger partial charge in [0.05, 0.1) is 22.8 Å². The number of thioether (sulfide) groups is 1. The molecule has 0 aliphatic carbocycles. The van der Waals surface area contributed by atoms with Gasteiger partial charge in [-0.2, -0.15) is 0 Å². The fourth-order valence-corrected chi connectivity index (χ4v) is 5.45. The zero-order chi connectivity index (χ0) is 22.9. The third-order valence-electron chi connectivity index (χ3n) is 6.56. The van der Waals surface area contributed by atoms with Crippen LogP contribution < -0.4 is 21.2 Å². The van der Waals surface area contributed by atoms with Crippen molar-refractivity contribution in [3.63, 3.8) is 0 Å². The molecule has 0 amide bonds. The van der Waals surface area contributed by atoms with E-state index in [4.69, 9.17) is 4.74 Å². The number of ether oxygens (including phenoxy) is 1. The Labute approximate surface area is 196 Å². The van der Waals surface area contributed by atoms with E-state index in [2.05, 4.69) is 35.1 Å². The first-order chi connectivity index (χ1) is 16.0. The van der Waals surface area contributed by atoms with Crippen LogP contribution in [0.25, 0.3) is 11.0 Å². The van der Waals surface area contributed by atoms with Crippen LogP contribution in [0.1, 0.15) is 32.0 Å². The van der Waals surface area contributed by atoms with Crippen LogP contribution in [0.4, 0.5) is 0 Å². The van der Waals surface area contributed by atoms with E-state index in [-0.39, 0.29) is 17.2 Å². The van der Waals surface area contributed by atoms with Crippen molar-refractivity contribution in [1.29, 1.82) is 0 Å². The molecule has 33 heavy (non-hydrogen) atoms. The Morgan fingerprint density at radius 1 is 1.27 bits per heavy atom. The van der Waals surface area contributed by atoms with Crippen molar-refractivity contribution >= 4 is 22.8 Å². The lowest BCUT2D eigenvalue weighted by molar-refractivity contribution is 0.228. The van der Waals surface area contributed by atoms with Crippen LogP contribution in [0.3, 0.4) is 0 Å². The number of nitrogens with one attached hydrogen (secondary N) is 1. The third kappa shape index (κ3) is 4.45. The molecule has 5 heterocycles. The molecule has 0 bridgehead atoms. The predicted molar refractivity (Wildman–Crippen MR) is 130 cm³/mol. The largest absolute Gasteiger partial charge is 0.480 e. The number of nitrogens with zero attached hydrogens (tertiary/aromatic N) is 4. The van der Waals surface area contributed by atoms with Gasteiger partial charge < -0.3 is 15.0 Å². The minimum absolute atomic E-state index is 0.0325. The molecule has 3 aromatic heterocycles. The fourth-order valence-electron chi connectivity index (χ4n) is 4.66. The average Bonchev–Trinajstić information content (AvgIpc) is 3.44. The van der Waals surface area contributed by atoms with Gasteiger partial charge in [-0.1, -0.05) is 18.7 Å². The van der Waals surface area contributed by atoms with Gasteiger partial charge in [-0.25, -0.2) is 0 Å². The van der Waals surface area contributed by atoms with Crippen molar-refractivity contribution in [2.75, 3.05) is 25.6 Å². The molecule has 0 saturated heterocycles. The molecule has 1 N–H and O–H groups in total. The summed E-state index contributed by atoms with van der Waals surface area (Å²) in [6.45, 7) is 8.15. The summed E-state index contributed by atoms with van der Waals surface area (Å²) in [5, 5.41) is 4.50. The average molecular weight is 468 g/mol. The minimum atomic E-state index is -0.0460. The molecule has 0 spiro atoms. The third-order valence-corrected chi connectivity index (χ3v) is 7.42. The molecule has 0 saturated carbocycles. The van der Waals surface area contributed by atoms with E-state index in [1.54, 1.807) is 40.6 Å². The zero-order valence-electron chi connectivity index (χ0n) is 19.0. The number of likely N-dealkylation sites (N-methyl/N-ethyl adjacent to an activating group) is 1. The molecule has 3 aromatic rings. The molecule has 0 aromatic carbocycles. The van der Waals surface area contributed by atoms with Crippen LogP contribution >= 0.6 is 11.8 Å². The van der Waals surface area contributed by atoms with E-state index in [0.29, 0.717) is 18.5 Å². The van der Waals surface area contributed by atoms with Gasteiger partial charge in [0.2, 0.25) is 0 Å². The van der Waals surface area contributed by atoms with Gasteiger partial charge in [-0.05, 0) is 44.6 Å². The summed E-state index contributed by atoms with van der Waals surface area (Å²) in [5.74, 6) is 1.54. The summed E-state index contributed by atoms with van der Waals surface area (Å²) in [5.41, 5.74) is 1.68. The van der Waals surface area contributed by atoms with Crippen LogP contribution in [0.5, 0.6) is 5.75 Å². The van der Waals surface area contributed by atoms with Gasteiger partial charge in [0.25, 0.3) is 11.1 Å². The highest BCUT2D eigenvalue weighted by atomic mass is 32.2. The fraction of sp³-hybridized carbons (Fsp3) is 0.458. The van der Waals surface area contributed by atoms with E-state index < -0.39 is 0 Å². The van der Waals surface area contributed by atoms with Gasteiger partial charge in [0, 0.05) is 43.2 Å². The molecule has 1 unspecified atom stereocenters. The van der Waals surface area contributed by atoms with Crippen molar-refractivity contribution in [3.8, 4) is 5.75 Å². The molecular formula is C24H29N5O3S. The first-order valence-electron chi connectivity index (χ1n) is 11.5. The minimum Gasteiger partial charge on any atom is -0.480 e. The van der Waals surface area contributed by atoms with Gasteiger partial charge in [-0.15, -0.1) is 0 Å². The maximum atomic E-state index is 12.6. The molecule has 8 nitrogen and oxygen atoms in total. The summed E-state index contributed by atoms with van der Waals surface area (Å²) in [6.07, 6.45) is 2.79. The number of aromatic nitrogens is 3. The monoisotopic (exact) mass is 467 g/mol. The topological polar surface area (TPSA) is 81.4 Å². The Kier molecular flexibility index (Phi) is 6.27. The lowest BCUT2D eigenvalue weighted by Gasteiger charge is -2.26. The number of pyridine rings is 3. The highest BCUT2D eigenvalue weighted by Gasteiger charge is 2.27. The second-order valence-corrected chi connectivity index (χ2v) is 9.71. The molecule has 2 atom stereocenters. The van der Waals surface area contributed by atoms with Crippen LogP contribution in [0, 0.1) is 0 Å². The second-order valence-electron chi connectivity index (χ2n) is 8.75. The van der Waals surface area contributed by atoms with Crippen LogP contribution in [-0.2, 0) is 13.1 Å². The maximum Gasteiger partial charge on any atom is 0.252 e. The van der Waals surface area contributed by atoms with Crippen LogP contribution in [0.15, 0.2) is 51.0 Å². The summed E-state index contributed by atoms with van der Waals surface area (Å²) < 4.78 is 9.05. The van der Waals surface area contributed by atoms with Gasteiger partial charge >= 0.3 is 0 Å². The normalized spacial score (nSPS) is 17.5. The molecule has 9 heteroatoms. The highest BCUT2D eigenvalue weighted by Crippen LogP contribution is 2.35. The lowest BCUT2D eigenvalue weighted by Crippen LogP contribution is -2.37. The molecule has 5 rings (SSSR count). The molecule has 174 valence electrons. The van der Waals surface area contributed by atoms with E-state index in [1.165, 1.54) is 0 Å². The summed E-state index contributed by atoms with van der Waals surface area (Å²) >= 11 is 1.70. The Balaban J connectivity index is 1.19. The van der Waals surface area contributed by atoms with Gasteiger partial charge in [-0.3, -0.25) is 23.7 Å². The van der Waals surface area contributed by atoms with Crippen molar-refractivity contribution in [2.24, 2.45) is 0 Å². The van der Waals surface area contributed by atoms with E-state index in [0.717, 1.165) is 60.0 Å².